The van der Waals surface area contributed by atoms with Gasteiger partial charge in [0.05, 0.1) is 6.20 Å². The van der Waals surface area contributed by atoms with E-state index in [4.69, 9.17) is 0 Å². The summed E-state index contributed by atoms with van der Waals surface area (Å²) in [6.07, 6.45) is 7.87. The maximum Gasteiger partial charge on any atom is 0.0534 e. The van der Waals surface area contributed by atoms with Gasteiger partial charge in [0.2, 0.25) is 0 Å². The third-order valence-corrected chi connectivity index (χ3v) is 4.10. The van der Waals surface area contributed by atoms with Crippen molar-refractivity contribution >= 4 is 0 Å². The van der Waals surface area contributed by atoms with E-state index in [-0.39, 0.29) is 0 Å². The summed E-state index contributed by atoms with van der Waals surface area (Å²) in [4.78, 5) is 0. The van der Waals surface area contributed by atoms with Crippen LogP contribution >= 0.6 is 0 Å². The lowest BCUT2D eigenvalue weighted by atomic mass is 9.79. The molecule has 4 unspecified atom stereocenters. The Morgan fingerprint density at radius 1 is 1.38 bits per heavy atom. The molecule has 0 saturated heterocycles. The fraction of sp³-hybridized carbons (Fsp3) is 0.769. The van der Waals surface area contributed by atoms with Crippen LogP contribution in [0.1, 0.15) is 51.6 Å². The summed E-state index contributed by atoms with van der Waals surface area (Å²) >= 11 is 0. The summed E-state index contributed by atoms with van der Waals surface area (Å²) in [5.41, 5.74) is 1.26. The minimum atomic E-state index is 0.407. The molecule has 1 aromatic rings. The van der Waals surface area contributed by atoms with E-state index < -0.39 is 0 Å². The topological polar surface area (TPSA) is 40.7 Å². The first-order valence-corrected chi connectivity index (χ1v) is 6.41. The number of nitrogens with one attached hydrogen (secondary N) is 2. The van der Waals surface area contributed by atoms with Crippen LogP contribution in [0.3, 0.4) is 0 Å². The normalized spacial score (nSPS) is 32.6. The van der Waals surface area contributed by atoms with Gasteiger partial charge < -0.3 is 5.32 Å². The highest BCUT2D eigenvalue weighted by Crippen LogP contribution is 2.30. The summed E-state index contributed by atoms with van der Waals surface area (Å²) in [7, 11) is 0. The van der Waals surface area contributed by atoms with Gasteiger partial charge in [0.15, 0.2) is 0 Å². The second-order valence-corrected chi connectivity index (χ2v) is 5.38. The Balaban J connectivity index is 1.86. The number of aromatic nitrogens is 2. The predicted octanol–water partition coefficient (Wildman–Crippen LogP) is 2.89. The lowest BCUT2D eigenvalue weighted by Gasteiger charge is -2.34. The smallest absolute Gasteiger partial charge is 0.0534 e. The molecule has 3 heteroatoms. The van der Waals surface area contributed by atoms with Crippen LogP contribution in [-0.4, -0.2) is 16.2 Å². The van der Waals surface area contributed by atoms with Crippen molar-refractivity contribution in [2.45, 2.75) is 52.1 Å². The molecular weight excluding hydrogens is 198 g/mol. The maximum atomic E-state index is 4.00. The van der Waals surface area contributed by atoms with Crippen molar-refractivity contribution in [3.05, 3.63) is 18.0 Å². The molecule has 1 aliphatic carbocycles. The Bertz CT molecular complexity index is 307. The molecule has 1 aliphatic rings. The molecule has 2 N–H and O–H groups in total. The Kier molecular flexibility index (Phi) is 3.64. The minimum Gasteiger partial charge on any atom is -0.307 e. The van der Waals surface area contributed by atoms with Gasteiger partial charge in [0.25, 0.3) is 0 Å². The second kappa shape index (κ2) is 5.00. The standard InChI is InChI=1S/C13H23N3/c1-9-4-5-13(6-10(9)2)16-11(3)12-7-14-15-8-12/h7-11,13,16H,4-6H2,1-3H3,(H,14,15). The molecule has 0 amide bonds. The summed E-state index contributed by atoms with van der Waals surface area (Å²) in [5, 5.41) is 10.6. The van der Waals surface area contributed by atoms with Crippen LogP contribution in [-0.2, 0) is 0 Å². The van der Waals surface area contributed by atoms with Crippen LogP contribution in [0.4, 0.5) is 0 Å². The lowest BCUT2D eigenvalue weighted by Crippen LogP contribution is -2.37. The molecule has 1 aromatic heterocycles. The second-order valence-electron chi connectivity index (χ2n) is 5.38. The van der Waals surface area contributed by atoms with Crippen molar-refractivity contribution < 1.29 is 0 Å². The van der Waals surface area contributed by atoms with Crippen LogP contribution in [0, 0.1) is 11.8 Å². The van der Waals surface area contributed by atoms with Crippen LogP contribution in [0.15, 0.2) is 12.4 Å². The zero-order valence-electron chi connectivity index (χ0n) is 10.5. The van der Waals surface area contributed by atoms with E-state index in [0.29, 0.717) is 12.1 Å². The van der Waals surface area contributed by atoms with Gasteiger partial charge in [-0.3, -0.25) is 5.10 Å². The first kappa shape index (κ1) is 11.6. The fourth-order valence-corrected chi connectivity index (χ4v) is 2.65. The van der Waals surface area contributed by atoms with E-state index >= 15 is 0 Å². The monoisotopic (exact) mass is 221 g/mol. The van der Waals surface area contributed by atoms with Crippen LogP contribution in [0.2, 0.25) is 0 Å². The molecule has 4 atom stereocenters. The molecule has 2 rings (SSSR count). The molecule has 0 aliphatic heterocycles. The van der Waals surface area contributed by atoms with E-state index in [9.17, 15) is 0 Å². The maximum absolute atomic E-state index is 4.00. The quantitative estimate of drug-likeness (QED) is 0.824. The van der Waals surface area contributed by atoms with Crippen molar-refractivity contribution in [3.8, 4) is 0 Å². The van der Waals surface area contributed by atoms with Crippen molar-refractivity contribution in [2.24, 2.45) is 11.8 Å². The Morgan fingerprint density at radius 2 is 2.19 bits per heavy atom. The average molecular weight is 221 g/mol. The minimum absolute atomic E-state index is 0.407. The zero-order chi connectivity index (χ0) is 11.5. The molecule has 0 radical (unpaired) electrons. The zero-order valence-corrected chi connectivity index (χ0v) is 10.5. The SMILES string of the molecule is CC(NC1CCC(C)C(C)C1)c1cn[nH]c1. The summed E-state index contributed by atoms with van der Waals surface area (Å²) in [6.45, 7) is 6.97. The van der Waals surface area contributed by atoms with E-state index in [0.717, 1.165) is 11.8 Å². The number of hydrogen-bond donors (Lipinski definition) is 2. The van der Waals surface area contributed by atoms with Gasteiger partial charge in [-0.2, -0.15) is 5.10 Å². The Hall–Kier alpha value is -0.830. The predicted molar refractivity (Wildman–Crippen MR) is 66.1 cm³/mol. The lowest BCUT2D eigenvalue weighted by molar-refractivity contribution is 0.217. The van der Waals surface area contributed by atoms with Gasteiger partial charge >= 0.3 is 0 Å². The van der Waals surface area contributed by atoms with Gasteiger partial charge in [-0.15, -0.1) is 0 Å². The van der Waals surface area contributed by atoms with Gasteiger partial charge in [-0.25, -0.2) is 0 Å². The number of H-pyrrole nitrogens is 1. The van der Waals surface area contributed by atoms with Crippen LogP contribution in [0.5, 0.6) is 0 Å². The number of nitrogens with zero attached hydrogens (tertiary/aromatic N) is 1. The number of hydrogen-bond acceptors (Lipinski definition) is 2. The molecule has 3 nitrogen and oxygen atoms in total. The average Bonchev–Trinajstić information content (AvgIpc) is 2.77. The summed E-state index contributed by atoms with van der Waals surface area (Å²) in [5.74, 6) is 1.74. The highest BCUT2D eigenvalue weighted by molar-refractivity contribution is 5.08. The van der Waals surface area contributed by atoms with Gasteiger partial charge in [-0.1, -0.05) is 13.8 Å². The van der Waals surface area contributed by atoms with Gasteiger partial charge in [0, 0.05) is 23.8 Å². The Labute approximate surface area is 98.0 Å². The third kappa shape index (κ3) is 2.64. The number of aromatic amines is 1. The fourth-order valence-electron chi connectivity index (χ4n) is 2.65. The summed E-state index contributed by atoms with van der Waals surface area (Å²) < 4.78 is 0. The largest absolute Gasteiger partial charge is 0.307 e. The number of rotatable bonds is 3. The molecule has 1 fully saturated rings. The van der Waals surface area contributed by atoms with Crippen molar-refractivity contribution in [1.82, 2.24) is 15.5 Å². The molecule has 90 valence electrons. The highest BCUT2D eigenvalue weighted by atomic mass is 15.1. The van der Waals surface area contributed by atoms with Gasteiger partial charge in [0.1, 0.15) is 0 Å². The van der Waals surface area contributed by atoms with Crippen molar-refractivity contribution in [1.29, 1.82) is 0 Å². The van der Waals surface area contributed by atoms with Gasteiger partial charge in [-0.05, 0) is 38.0 Å². The summed E-state index contributed by atoms with van der Waals surface area (Å²) in [6, 6.07) is 1.08. The molecule has 1 saturated carbocycles. The molecule has 0 bridgehead atoms. The molecule has 0 aromatic carbocycles. The van der Waals surface area contributed by atoms with E-state index in [2.05, 4.69) is 36.3 Å². The molecule has 0 spiro atoms. The molecular formula is C13H23N3. The third-order valence-electron chi connectivity index (χ3n) is 4.10. The van der Waals surface area contributed by atoms with E-state index in [1.165, 1.54) is 24.8 Å². The Morgan fingerprint density at radius 3 is 2.81 bits per heavy atom. The van der Waals surface area contributed by atoms with E-state index in [1.807, 2.05) is 12.4 Å². The molecule has 16 heavy (non-hydrogen) atoms. The van der Waals surface area contributed by atoms with Crippen molar-refractivity contribution in [3.63, 3.8) is 0 Å². The molecule has 1 heterocycles. The highest BCUT2D eigenvalue weighted by Gasteiger charge is 2.25. The van der Waals surface area contributed by atoms with Crippen molar-refractivity contribution in [2.75, 3.05) is 0 Å². The van der Waals surface area contributed by atoms with E-state index in [1.54, 1.807) is 0 Å². The first-order valence-electron chi connectivity index (χ1n) is 6.41. The first-order chi connectivity index (χ1) is 7.66. The van der Waals surface area contributed by atoms with Crippen LogP contribution in [0.25, 0.3) is 0 Å². The van der Waals surface area contributed by atoms with Crippen LogP contribution < -0.4 is 5.32 Å².